The van der Waals surface area contributed by atoms with Crippen LogP contribution >= 0.6 is 44.3 Å². The highest BCUT2D eigenvalue weighted by Gasteiger charge is 2.15. The SMILES string of the molecule is Cl.O=S(=O)(O)c1ccc2oc(Br)c(CBr)c2c1. The topological polar surface area (TPSA) is 67.5 Å². The van der Waals surface area contributed by atoms with Gasteiger partial charge in [0.25, 0.3) is 10.1 Å². The van der Waals surface area contributed by atoms with Crippen LogP contribution in [0, 0.1) is 0 Å². The van der Waals surface area contributed by atoms with Crippen molar-refractivity contribution in [3.05, 3.63) is 28.4 Å². The van der Waals surface area contributed by atoms with Gasteiger partial charge >= 0.3 is 0 Å². The number of hydrogen-bond donors (Lipinski definition) is 1. The summed E-state index contributed by atoms with van der Waals surface area (Å²) in [6.07, 6.45) is 0. The maximum absolute atomic E-state index is 11.0. The molecule has 0 atom stereocenters. The van der Waals surface area contributed by atoms with Crippen molar-refractivity contribution in [2.24, 2.45) is 0 Å². The molecule has 8 heteroatoms. The average molecular weight is 406 g/mol. The van der Waals surface area contributed by atoms with Gasteiger partial charge in [-0.15, -0.1) is 12.4 Å². The molecule has 2 rings (SSSR count). The second kappa shape index (κ2) is 5.27. The molecule has 0 unspecified atom stereocenters. The summed E-state index contributed by atoms with van der Waals surface area (Å²) in [7, 11) is -4.18. The Morgan fingerprint density at radius 2 is 2.00 bits per heavy atom. The molecule has 1 aromatic heterocycles. The minimum absolute atomic E-state index is 0. The van der Waals surface area contributed by atoms with E-state index in [4.69, 9.17) is 8.97 Å². The molecule has 1 N–H and O–H groups in total. The molecular weight excluding hydrogens is 399 g/mol. The fourth-order valence-corrected chi connectivity index (χ4v) is 3.35. The summed E-state index contributed by atoms with van der Waals surface area (Å²) in [6.45, 7) is 0. The first-order valence-corrected chi connectivity index (χ1v) is 7.53. The summed E-state index contributed by atoms with van der Waals surface area (Å²) in [4.78, 5) is -0.143. The molecule has 1 heterocycles. The van der Waals surface area contributed by atoms with Crippen LogP contribution in [-0.2, 0) is 15.4 Å². The Kier molecular flexibility index (Phi) is 4.65. The predicted molar refractivity (Wildman–Crippen MR) is 73.6 cm³/mol. The van der Waals surface area contributed by atoms with Crippen LogP contribution in [0.2, 0.25) is 0 Å². The maximum Gasteiger partial charge on any atom is 0.294 e. The Labute approximate surface area is 121 Å². The van der Waals surface area contributed by atoms with Gasteiger partial charge in [0.1, 0.15) is 5.58 Å². The molecule has 0 bridgehead atoms. The number of benzene rings is 1. The van der Waals surface area contributed by atoms with E-state index in [9.17, 15) is 8.42 Å². The van der Waals surface area contributed by atoms with E-state index in [2.05, 4.69) is 31.9 Å². The fraction of sp³-hybridized carbons (Fsp3) is 0.111. The predicted octanol–water partition coefficient (Wildman–Crippen LogP) is 3.76. The van der Waals surface area contributed by atoms with E-state index in [0.29, 0.717) is 21.0 Å². The van der Waals surface area contributed by atoms with Crippen molar-refractivity contribution in [1.29, 1.82) is 0 Å². The number of fused-ring (bicyclic) bond motifs is 1. The molecule has 0 spiro atoms. The van der Waals surface area contributed by atoms with E-state index in [-0.39, 0.29) is 17.3 Å². The number of halogens is 3. The normalized spacial score (nSPS) is 11.5. The highest BCUT2D eigenvalue weighted by atomic mass is 79.9. The van der Waals surface area contributed by atoms with Gasteiger partial charge in [-0.1, -0.05) is 15.9 Å². The zero-order valence-corrected chi connectivity index (χ0v) is 13.0. The lowest BCUT2D eigenvalue weighted by Crippen LogP contribution is -1.97. The summed E-state index contributed by atoms with van der Waals surface area (Å²) in [5, 5.41) is 1.18. The van der Waals surface area contributed by atoms with Crippen LogP contribution in [0.25, 0.3) is 11.0 Å². The molecule has 0 aliphatic heterocycles. The molecular formula is C9H7Br2ClO4S. The number of furan rings is 1. The highest BCUT2D eigenvalue weighted by Crippen LogP contribution is 2.32. The average Bonchev–Trinajstić information content (AvgIpc) is 2.50. The lowest BCUT2D eigenvalue weighted by molar-refractivity contribution is 0.483. The van der Waals surface area contributed by atoms with Crippen molar-refractivity contribution in [3.8, 4) is 0 Å². The summed E-state index contributed by atoms with van der Waals surface area (Å²) in [6, 6.07) is 4.19. The van der Waals surface area contributed by atoms with E-state index in [1.165, 1.54) is 18.2 Å². The van der Waals surface area contributed by atoms with Gasteiger partial charge in [-0.05, 0) is 34.1 Å². The number of alkyl halides is 1. The van der Waals surface area contributed by atoms with E-state index in [0.717, 1.165) is 5.56 Å². The van der Waals surface area contributed by atoms with E-state index in [1.54, 1.807) is 0 Å². The summed E-state index contributed by atoms with van der Waals surface area (Å²) in [5.41, 5.74) is 1.37. The van der Waals surface area contributed by atoms with Crippen molar-refractivity contribution in [2.45, 2.75) is 10.2 Å². The van der Waals surface area contributed by atoms with Gasteiger partial charge in [-0.25, -0.2) is 0 Å². The van der Waals surface area contributed by atoms with Crippen LogP contribution in [0.1, 0.15) is 5.56 Å². The Morgan fingerprint density at radius 3 is 2.53 bits per heavy atom. The van der Waals surface area contributed by atoms with Crippen molar-refractivity contribution in [2.75, 3.05) is 0 Å². The monoisotopic (exact) mass is 404 g/mol. The minimum atomic E-state index is -4.18. The quantitative estimate of drug-likeness (QED) is 0.609. The van der Waals surface area contributed by atoms with Crippen LogP contribution in [-0.4, -0.2) is 13.0 Å². The largest absolute Gasteiger partial charge is 0.449 e. The van der Waals surface area contributed by atoms with Crippen molar-refractivity contribution in [1.82, 2.24) is 0 Å². The van der Waals surface area contributed by atoms with Gasteiger partial charge in [-0.3, -0.25) is 4.55 Å². The Bertz CT molecular complexity index is 650. The molecule has 0 fully saturated rings. The van der Waals surface area contributed by atoms with Crippen LogP contribution < -0.4 is 0 Å². The van der Waals surface area contributed by atoms with E-state index in [1.807, 2.05) is 0 Å². The second-order valence-electron chi connectivity index (χ2n) is 3.12. The first-order valence-electron chi connectivity index (χ1n) is 4.18. The van der Waals surface area contributed by atoms with Gasteiger partial charge in [0.15, 0.2) is 4.67 Å². The number of rotatable bonds is 2. The van der Waals surface area contributed by atoms with E-state index >= 15 is 0 Å². The highest BCUT2D eigenvalue weighted by molar-refractivity contribution is 9.10. The smallest absolute Gasteiger partial charge is 0.294 e. The van der Waals surface area contributed by atoms with Crippen LogP contribution in [0.4, 0.5) is 0 Å². The number of hydrogen-bond acceptors (Lipinski definition) is 3. The molecule has 0 aliphatic rings. The molecule has 0 saturated carbocycles. The van der Waals surface area contributed by atoms with Gasteiger partial charge < -0.3 is 4.42 Å². The zero-order chi connectivity index (χ0) is 11.9. The fourth-order valence-electron chi connectivity index (χ4n) is 1.38. The maximum atomic E-state index is 11.0. The van der Waals surface area contributed by atoms with Gasteiger partial charge in [0.05, 0.1) is 4.90 Å². The standard InChI is InChI=1S/C9H6Br2O4S.ClH/c10-4-7-6-3-5(16(12,13)14)1-2-8(6)15-9(7)11;/h1-3H,4H2,(H,12,13,14);1H. The Morgan fingerprint density at radius 1 is 1.35 bits per heavy atom. The van der Waals surface area contributed by atoms with Crippen LogP contribution in [0.5, 0.6) is 0 Å². The second-order valence-corrected chi connectivity index (χ2v) is 5.82. The van der Waals surface area contributed by atoms with Gasteiger partial charge in [-0.2, -0.15) is 8.42 Å². The summed E-state index contributed by atoms with van der Waals surface area (Å²) < 4.78 is 36.8. The summed E-state index contributed by atoms with van der Waals surface area (Å²) >= 11 is 6.52. The van der Waals surface area contributed by atoms with Gasteiger partial charge in [0, 0.05) is 16.3 Å². The molecule has 0 aliphatic carbocycles. The first-order chi connectivity index (χ1) is 7.43. The Balaban J connectivity index is 0.00000144. The van der Waals surface area contributed by atoms with Crippen LogP contribution in [0.15, 0.2) is 32.2 Å². The lowest BCUT2D eigenvalue weighted by atomic mass is 10.2. The third-order valence-corrected chi connectivity index (χ3v) is 4.20. The van der Waals surface area contributed by atoms with Crippen molar-refractivity contribution in [3.63, 3.8) is 0 Å². The molecule has 2 aromatic rings. The molecule has 4 nitrogen and oxygen atoms in total. The molecule has 0 amide bonds. The first kappa shape index (κ1) is 15.0. The third-order valence-electron chi connectivity index (χ3n) is 2.14. The van der Waals surface area contributed by atoms with Crippen molar-refractivity contribution < 1.29 is 17.4 Å². The van der Waals surface area contributed by atoms with E-state index < -0.39 is 10.1 Å². The lowest BCUT2D eigenvalue weighted by Gasteiger charge is -1.97. The zero-order valence-electron chi connectivity index (χ0n) is 8.18. The summed E-state index contributed by atoms with van der Waals surface area (Å²) in [5.74, 6) is 0. The van der Waals surface area contributed by atoms with Crippen molar-refractivity contribution >= 4 is 65.4 Å². The Hall–Kier alpha value is -0.0800. The molecule has 0 saturated heterocycles. The minimum Gasteiger partial charge on any atom is -0.449 e. The third kappa shape index (κ3) is 2.85. The molecule has 94 valence electrons. The molecule has 1 aromatic carbocycles. The van der Waals surface area contributed by atoms with Crippen LogP contribution in [0.3, 0.4) is 0 Å². The molecule has 0 radical (unpaired) electrons. The molecule has 17 heavy (non-hydrogen) atoms. The van der Waals surface area contributed by atoms with Gasteiger partial charge in [0.2, 0.25) is 0 Å².